The number of aliphatic carboxylic acids is 1. The zero-order valence-corrected chi connectivity index (χ0v) is 15.0. The smallest absolute Gasteiger partial charge is 0.320 e. The number of hydrogen-bond donors (Lipinski definition) is 1. The van der Waals surface area contributed by atoms with Crippen molar-refractivity contribution >= 4 is 40.8 Å². The summed E-state index contributed by atoms with van der Waals surface area (Å²) in [4.78, 5) is 13.6. The maximum atomic E-state index is 11.7. The second kappa shape index (κ2) is 7.32. The number of likely N-dealkylation sites (tertiary alicyclic amines) is 1. The number of carboxylic acids is 1. The first-order chi connectivity index (χ1) is 11.5. The summed E-state index contributed by atoms with van der Waals surface area (Å²) >= 11 is 18.6. The molecule has 0 amide bonds. The Hall–Kier alpha value is -1.26. The molecule has 1 fully saturated rings. The molecule has 126 valence electrons. The van der Waals surface area contributed by atoms with Gasteiger partial charge in [0.05, 0.1) is 16.1 Å². The summed E-state index contributed by atoms with van der Waals surface area (Å²) in [6.45, 7) is 0.688. The average molecular weight is 385 g/mol. The van der Waals surface area contributed by atoms with Crippen molar-refractivity contribution in [3.05, 3.63) is 68.7 Å². The third-order valence-corrected chi connectivity index (χ3v) is 5.46. The van der Waals surface area contributed by atoms with Gasteiger partial charge in [-0.2, -0.15) is 0 Å². The maximum absolute atomic E-state index is 11.7. The molecule has 2 aromatic carbocycles. The number of carbonyl (C=O) groups is 1. The van der Waals surface area contributed by atoms with Crippen LogP contribution in [0.25, 0.3) is 0 Å². The van der Waals surface area contributed by atoms with E-state index in [0.717, 1.165) is 17.5 Å². The minimum absolute atomic E-state index is 0.280. The Labute approximate surface area is 155 Å². The molecular weight excluding hydrogens is 369 g/mol. The van der Waals surface area contributed by atoms with Crippen LogP contribution in [-0.4, -0.2) is 28.6 Å². The molecule has 2 unspecified atom stereocenters. The lowest BCUT2D eigenvalue weighted by molar-refractivity contribution is -0.142. The van der Waals surface area contributed by atoms with Gasteiger partial charge in [-0.3, -0.25) is 9.69 Å². The van der Waals surface area contributed by atoms with Gasteiger partial charge in [-0.15, -0.1) is 0 Å². The first-order valence-electron chi connectivity index (χ1n) is 7.67. The number of nitrogens with zero attached hydrogens (tertiary/aromatic N) is 1. The Morgan fingerprint density at radius 2 is 1.83 bits per heavy atom. The molecule has 0 aromatic heterocycles. The molecular formula is C18H16Cl3NO2. The summed E-state index contributed by atoms with van der Waals surface area (Å²) in [5.74, 6) is -0.815. The Morgan fingerprint density at radius 1 is 1.12 bits per heavy atom. The van der Waals surface area contributed by atoms with Crippen LogP contribution in [0.4, 0.5) is 0 Å². The maximum Gasteiger partial charge on any atom is 0.320 e. The van der Waals surface area contributed by atoms with Crippen LogP contribution < -0.4 is 0 Å². The van der Waals surface area contributed by atoms with Gasteiger partial charge in [0.2, 0.25) is 0 Å². The molecule has 1 N–H and O–H groups in total. The number of benzene rings is 2. The van der Waals surface area contributed by atoms with Gasteiger partial charge < -0.3 is 5.11 Å². The molecule has 1 heterocycles. The Balaban J connectivity index is 2.12. The van der Waals surface area contributed by atoms with Crippen LogP contribution in [0.1, 0.15) is 30.0 Å². The van der Waals surface area contributed by atoms with Crippen molar-refractivity contribution in [3.8, 4) is 0 Å². The third-order valence-electron chi connectivity index (χ3n) is 4.37. The molecule has 1 aliphatic rings. The van der Waals surface area contributed by atoms with Gasteiger partial charge in [0, 0.05) is 11.6 Å². The number of hydrogen-bond acceptors (Lipinski definition) is 2. The van der Waals surface area contributed by atoms with Crippen LogP contribution in [0.2, 0.25) is 15.1 Å². The minimum atomic E-state index is -0.815. The monoisotopic (exact) mass is 383 g/mol. The van der Waals surface area contributed by atoms with E-state index in [2.05, 4.69) is 0 Å². The largest absolute Gasteiger partial charge is 0.480 e. The SMILES string of the molecule is O=C(O)C1CCCN1C(c1ccc(Cl)cc1)c1cccc(Cl)c1Cl. The van der Waals surface area contributed by atoms with E-state index < -0.39 is 12.0 Å². The van der Waals surface area contributed by atoms with Gasteiger partial charge in [0.15, 0.2) is 0 Å². The molecule has 1 aliphatic heterocycles. The fourth-order valence-electron chi connectivity index (χ4n) is 3.29. The van der Waals surface area contributed by atoms with E-state index in [1.807, 2.05) is 29.2 Å². The van der Waals surface area contributed by atoms with Crippen LogP contribution in [0, 0.1) is 0 Å². The molecule has 0 bridgehead atoms. The van der Waals surface area contributed by atoms with Crippen molar-refractivity contribution < 1.29 is 9.90 Å². The lowest BCUT2D eigenvalue weighted by Crippen LogP contribution is -2.39. The lowest BCUT2D eigenvalue weighted by atomic mass is 9.96. The first-order valence-corrected chi connectivity index (χ1v) is 8.80. The summed E-state index contributed by atoms with van der Waals surface area (Å²) in [7, 11) is 0. The highest BCUT2D eigenvalue weighted by Crippen LogP contribution is 2.40. The van der Waals surface area contributed by atoms with Crippen molar-refractivity contribution in [2.45, 2.75) is 24.9 Å². The van der Waals surface area contributed by atoms with E-state index in [1.165, 1.54) is 0 Å². The molecule has 0 aliphatic carbocycles. The zero-order valence-electron chi connectivity index (χ0n) is 12.8. The van der Waals surface area contributed by atoms with Crippen LogP contribution in [0.3, 0.4) is 0 Å². The van der Waals surface area contributed by atoms with Crippen LogP contribution in [-0.2, 0) is 4.79 Å². The summed E-state index contributed by atoms with van der Waals surface area (Å²) in [5, 5.41) is 11.1. The van der Waals surface area contributed by atoms with Crippen LogP contribution in [0.15, 0.2) is 42.5 Å². The van der Waals surface area contributed by atoms with Crippen molar-refractivity contribution in [1.29, 1.82) is 0 Å². The van der Waals surface area contributed by atoms with Crippen LogP contribution in [0.5, 0.6) is 0 Å². The van der Waals surface area contributed by atoms with Crippen molar-refractivity contribution in [1.82, 2.24) is 4.90 Å². The van der Waals surface area contributed by atoms with Crippen LogP contribution >= 0.6 is 34.8 Å². The molecule has 0 saturated carbocycles. The lowest BCUT2D eigenvalue weighted by Gasteiger charge is -2.32. The molecule has 24 heavy (non-hydrogen) atoms. The standard InChI is InChI=1S/C18H16Cl3NO2/c19-12-8-6-11(7-9-12)17(13-3-1-4-14(20)16(13)21)22-10-2-5-15(22)18(23)24/h1,3-4,6-9,15,17H,2,5,10H2,(H,23,24). The quantitative estimate of drug-likeness (QED) is 0.779. The van der Waals surface area contributed by atoms with E-state index >= 15 is 0 Å². The van der Waals surface area contributed by atoms with Crippen molar-refractivity contribution in [2.75, 3.05) is 6.54 Å². The zero-order chi connectivity index (χ0) is 17.3. The molecule has 2 aromatic rings. The van der Waals surface area contributed by atoms with E-state index in [9.17, 15) is 9.90 Å². The fraction of sp³-hybridized carbons (Fsp3) is 0.278. The molecule has 6 heteroatoms. The third kappa shape index (κ3) is 3.40. The Morgan fingerprint density at radius 3 is 2.50 bits per heavy atom. The molecule has 1 saturated heterocycles. The highest BCUT2D eigenvalue weighted by molar-refractivity contribution is 6.42. The van der Waals surface area contributed by atoms with Gasteiger partial charge in [-0.25, -0.2) is 0 Å². The predicted molar refractivity (Wildman–Crippen MR) is 97.1 cm³/mol. The van der Waals surface area contributed by atoms with Crippen molar-refractivity contribution in [3.63, 3.8) is 0 Å². The molecule has 0 spiro atoms. The fourth-order valence-corrected chi connectivity index (χ4v) is 3.83. The second-order valence-electron chi connectivity index (χ2n) is 5.83. The average Bonchev–Trinajstić information content (AvgIpc) is 3.03. The van der Waals surface area contributed by atoms with Gasteiger partial charge >= 0.3 is 5.97 Å². The molecule has 0 radical (unpaired) electrons. The van der Waals surface area contributed by atoms with E-state index in [-0.39, 0.29) is 6.04 Å². The van der Waals surface area contributed by atoms with E-state index in [0.29, 0.717) is 28.0 Å². The van der Waals surface area contributed by atoms with Gasteiger partial charge in [-0.1, -0.05) is 59.1 Å². The summed E-state index contributed by atoms with van der Waals surface area (Å²) < 4.78 is 0. The van der Waals surface area contributed by atoms with E-state index in [4.69, 9.17) is 34.8 Å². The minimum Gasteiger partial charge on any atom is -0.480 e. The summed E-state index contributed by atoms with van der Waals surface area (Å²) in [6.07, 6.45) is 1.46. The second-order valence-corrected chi connectivity index (χ2v) is 7.05. The summed E-state index contributed by atoms with van der Waals surface area (Å²) in [6, 6.07) is 12.0. The van der Waals surface area contributed by atoms with E-state index in [1.54, 1.807) is 18.2 Å². The summed E-state index contributed by atoms with van der Waals surface area (Å²) in [5.41, 5.74) is 1.75. The Bertz CT molecular complexity index is 748. The molecule has 3 rings (SSSR count). The highest BCUT2D eigenvalue weighted by Gasteiger charge is 2.37. The van der Waals surface area contributed by atoms with Crippen molar-refractivity contribution in [2.24, 2.45) is 0 Å². The first kappa shape index (κ1) is 17.6. The molecule has 3 nitrogen and oxygen atoms in total. The number of halogens is 3. The van der Waals surface area contributed by atoms with Gasteiger partial charge in [-0.05, 0) is 42.2 Å². The number of rotatable bonds is 4. The normalized spacial score (nSPS) is 19.4. The molecule has 2 atom stereocenters. The highest BCUT2D eigenvalue weighted by atomic mass is 35.5. The Kier molecular flexibility index (Phi) is 5.36. The van der Waals surface area contributed by atoms with Gasteiger partial charge in [0.25, 0.3) is 0 Å². The predicted octanol–water partition coefficient (Wildman–Crippen LogP) is 5.29. The number of carboxylic acid groups (broad SMARTS) is 1. The topological polar surface area (TPSA) is 40.5 Å². The van der Waals surface area contributed by atoms with Gasteiger partial charge in [0.1, 0.15) is 6.04 Å².